The lowest BCUT2D eigenvalue weighted by Gasteiger charge is -2.08. The lowest BCUT2D eigenvalue weighted by atomic mass is 10.0. The second-order valence-electron chi connectivity index (χ2n) is 3.66. The predicted molar refractivity (Wildman–Crippen MR) is 54.2 cm³/mol. The molecule has 3 heteroatoms. The van der Waals surface area contributed by atoms with Crippen LogP contribution in [0.1, 0.15) is 23.9 Å². The Morgan fingerprint density at radius 2 is 2.14 bits per heavy atom. The second-order valence-corrected chi connectivity index (χ2v) is 3.66. The first kappa shape index (κ1) is 10.7. The van der Waals surface area contributed by atoms with E-state index in [1.807, 2.05) is 26.0 Å². The molecule has 0 bridgehead atoms. The zero-order valence-corrected chi connectivity index (χ0v) is 8.74. The number of carbonyl (C=O) groups is 1. The molecule has 1 aromatic heterocycles. The number of rotatable bonds is 3. The van der Waals surface area contributed by atoms with Gasteiger partial charge in [-0.3, -0.25) is 9.78 Å². The molecule has 76 valence electrons. The smallest absolute Gasteiger partial charge is 0.306 e. The van der Waals surface area contributed by atoms with E-state index in [9.17, 15) is 4.79 Å². The molecule has 14 heavy (non-hydrogen) atoms. The van der Waals surface area contributed by atoms with Gasteiger partial charge in [-0.1, -0.05) is 13.0 Å². The summed E-state index contributed by atoms with van der Waals surface area (Å²) in [6, 6.07) is 3.91. The number of aromatic nitrogens is 1. The topological polar surface area (TPSA) is 50.2 Å². The van der Waals surface area contributed by atoms with Gasteiger partial charge in [0.1, 0.15) is 0 Å². The number of hydrogen-bond donors (Lipinski definition) is 1. The van der Waals surface area contributed by atoms with Crippen LogP contribution in [0.2, 0.25) is 0 Å². The van der Waals surface area contributed by atoms with Crippen molar-refractivity contribution in [2.45, 2.75) is 27.2 Å². The van der Waals surface area contributed by atoms with E-state index in [0.717, 1.165) is 17.0 Å². The normalized spacial score (nSPS) is 12.5. The first-order valence-corrected chi connectivity index (χ1v) is 4.66. The first-order chi connectivity index (χ1) is 6.50. The van der Waals surface area contributed by atoms with Crippen molar-refractivity contribution in [3.8, 4) is 0 Å². The predicted octanol–water partition coefficient (Wildman–Crippen LogP) is 1.96. The van der Waals surface area contributed by atoms with E-state index in [0.29, 0.717) is 6.42 Å². The number of carboxylic acids is 1. The maximum atomic E-state index is 10.7. The number of pyridine rings is 1. The van der Waals surface area contributed by atoms with Crippen LogP contribution >= 0.6 is 0 Å². The third-order valence-corrected chi connectivity index (χ3v) is 2.26. The molecule has 1 atom stereocenters. The maximum Gasteiger partial charge on any atom is 0.306 e. The Hall–Kier alpha value is -1.38. The van der Waals surface area contributed by atoms with E-state index in [1.165, 1.54) is 0 Å². The Labute approximate surface area is 83.8 Å². The van der Waals surface area contributed by atoms with Gasteiger partial charge in [-0.05, 0) is 25.5 Å². The van der Waals surface area contributed by atoms with E-state index in [1.54, 1.807) is 6.92 Å². The Morgan fingerprint density at radius 1 is 1.50 bits per heavy atom. The van der Waals surface area contributed by atoms with Gasteiger partial charge >= 0.3 is 5.97 Å². The number of carboxylic acid groups (broad SMARTS) is 1. The fraction of sp³-hybridized carbons (Fsp3) is 0.455. The van der Waals surface area contributed by atoms with Crippen LogP contribution < -0.4 is 0 Å². The lowest BCUT2D eigenvalue weighted by Crippen LogP contribution is -2.14. The molecule has 0 aliphatic rings. The summed E-state index contributed by atoms with van der Waals surface area (Å²) in [6.07, 6.45) is 0.503. The Morgan fingerprint density at radius 3 is 2.71 bits per heavy atom. The van der Waals surface area contributed by atoms with E-state index in [-0.39, 0.29) is 5.92 Å². The molecule has 0 aliphatic heterocycles. The molecule has 1 aromatic rings. The minimum atomic E-state index is -0.771. The third kappa shape index (κ3) is 2.55. The third-order valence-electron chi connectivity index (χ3n) is 2.26. The van der Waals surface area contributed by atoms with Gasteiger partial charge in [-0.25, -0.2) is 0 Å². The summed E-state index contributed by atoms with van der Waals surface area (Å²) >= 11 is 0. The van der Waals surface area contributed by atoms with E-state index < -0.39 is 5.97 Å². The summed E-state index contributed by atoms with van der Waals surface area (Å²) in [5.41, 5.74) is 2.88. The summed E-state index contributed by atoms with van der Waals surface area (Å²) in [5.74, 6) is -1.14. The summed E-state index contributed by atoms with van der Waals surface area (Å²) in [4.78, 5) is 15.0. The van der Waals surface area contributed by atoms with Gasteiger partial charge < -0.3 is 5.11 Å². The van der Waals surface area contributed by atoms with Crippen molar-refractivity contribution in [2.24, 2.45) is 5.92 Å². The summed E-state index contributed by atoms with van der Waals surface area (Å²) in [6.45, 7) is 5.57. The molecule has 0 fully saturated rings. The lowest BCUT2D eigenvalue weighted by molar-refractivity contribution is -0.141. The molecule has 0 radical (unpaired) electrons. The highest BCUT2D eigenvalue weighted by atomic mass is 16.4. The van der Waals surface area contributed by atoms with Gasteiger partial charge in [0.2, 0.25) is 0 Å². The number of hydrogen-bond acceptors (Lipinski definition) is 2. The summed E-state index contributed by atoms with van der Waals surface area (Å²) in [5, 5.41) is 8.78. The largest absolute Gasteiger partial charge is 0.481 e. The van der Waals surface area contributed by atoms with E-state index >= 15 is 0 Å². The molecule has 3 nitrogen and oxygen atoms in total. The molecule has 1 heterocycles. The molecule has 1 rings (SSSR count). The van der Waals surface area contributed by atoms with Gasteiger partial charge in [-0.15, -0.1) is 0 Å². The van der Waals surface area contributed by atoms with Gasteiger partial charge in [0.05, 0.1) is 5.92 Å². The average Bonchev–Trinajstić information content (AvgIpc) is 2.11. The minimum absolute atomic E-state index is 0.372. The molecule has 0 spiro atoms. The van der Waals surface area contributed by atoms with Crippen molar-refractivity contribution < 1.29 is 9.90 Å². The van der Waals surface area contributed by atoms with Crippen LogP contribution in [0.5, 0.6) is 0 Å². The Balaban J connectivity index is 2.85. The average molecular weight is 193 g/mol. The first-order valence-electron chi connectivity index (χ1n) is 4.66. The van der Waals surface area contributed by atoms with Crippen molar-refractivity contribution in [1.29, 1.82) is 0 Å². The number of aryl methyl sites for hydroxylation is 2. The molecule has 0 saturated carbocycles. The van der Waals surface area contributed by atoms with Crippen LogP contribution in [0.4, 0.5) is 0 Å². The second kappa shape index (κ2) is 4.22. The molecule has 1 unspecified atom stereocenters. The zero-order chi connectivity index (χ0) is 10.7. The van der Waals surface area contributed by atoms with Crippen LogP contribution in [0.25, 0.3) is 0 Å². The highest BCUT2D eigenvalue weighted by molar-refractivity contribution is 5.69. The zero-order valence-electron chi connectivity index (χ0n) is 8.74. The highest BCUT2D eigenvalue weighted by Crippen LogP contribution is 2.11. The molecule has 0 saturated heterocycles. The van der Waals surface area contributed by atoms with Crippen molar-refractivity contribution in [3.63, 3.8) is 0 Å². The van der Waals surface area contributed by atoms with Crippen LogP contribution in [0.15, 0.2) is 12.1 Å². The minimum Gasteiger partial charge on any atom is -0.481 e. The summed E-state index contributed by atoms with van der Waals surface area (Å²) in [7, 11) is 0. The van der Waals surface area contributed by atoms with Gasteiger partial charge in [0.15, 0.2) is 0 Å². The van der Waals surface area contributed by atoms with E-state index in [2.05, 4.69) is 4.98 Å². The van der Waals surface area contributed by atoms with Crippen LogP contribution in [0.3, 0.4) is 0 Å². The molecule has 0 amide bonds. The van der Waals surface area contributed by atoms with Crippen LogP contribution in [-0.4, -0.2) is 16.1 Å². The maximum absolute atomic E-state index is 10.7. The SMILES string of the molecule is Cc1ccc(C)c(CC(C)C(=O)O)n1. The van der Waals surface area contributed by atoms with Crippen molar-refractivity contribution in [3.05, 3.63) is 29.1 Å². The summed E-state index contributed by atoms with van der Waals surface area (Å²) < 4.78 is 0. The van der Waals surface area contributed by atoms with Gasteiger partial charge in [0, 0.05) is 17.8 Å². The molecule has 1 N–H and O–H groups in total. The quantitative estimate of drug-likeness (QED) is 0.798. The number of nitrogens with zero attached hydrogens (tertiary/aromatic N) is 1. The van der Waals surface area contributed by atoms with Gasteiger partial charge in [-0.2, -0.15) is 0 Å². The fourth-order valence-electron chi connectivity index (χ4n) is 1.26. The molecule has 0 aliphatic carbocycles. The van der Waals surface area contributed by atoms with Gasteiger partial charge in [0.25, 0.3) is 0 Å². The monoisotopic (exact) mass is 193 g/mol. The molecule has 0 aromatic carbocycles. The fourth-order valence-corrected chi connectivity index (χ4v) is 1.26. The highest BCUT2D eigenvalue weighted by Gasteiger charge is 2.13. The number of aliphatic carboxylic acids is 1. The van der Waals surface area contributed by atoms with Crippen molar-refractivity contribution in [2.75, 3.05) is 0 Å². The van der Waals surface area contributed by atoms with Crippen molar-refractivity contribution >= 4 is 5.97 Å². The Kier molecular flexibility index (Phi) is 3.23. The molecular formula is C11H15NO2. The van der Waals surface area contributed by atoms with Crippen LogP contribution in [-0.2, 0) is 11.2 Å². The van der Waals surface area contributed by atoms with Crippen molar-refractivity contribution in [1.82, 2.24) is 4.98 Å². The molecular weight excluding hydrogens is 178 g/mol. The van der Waals surface area contributed by atoms with Crippen LogP contribution in [0, 0.1) is 19.8 Å². The Bertz CT molecular complexity index is 347. The van der Waals surface area contributed by atoms with E-state index in [4.69, 9.17) is 5.11 Å². The standard InChI is InChI=1S/C11H15NO2/c1-7-4-5-9(3)12-10(7)6-8(2)11(13)14/h4-5,8H,6H2,1-3H3,(H,13,14).